The fourth-order valence-electron chi connectivity index (χ4n) is 2.77. The van der Waals surface area contributed by atoms with E-state index in [0.717, 1.165) is 25.6 Å². The molecule has 5 heteroatoms. The van der Waals surface area contributed by atoms with E-state index < -0.39 is 5.66 Å². The Kier molecular flexibility index (Phi) is 5.25. The van der Waals surface area contributed by atoms with E-state index in [9.17, 15) is 0 Å². The molecular weight excluding hydrogens is 260 g/mol. The fourth-order valence-corrected chi connectivity index (χ4v) is 2.99. The van der Waals surface area contributed by atoms with Crippen molar-refractivity contribution in [1.82, 2.24) is 10.6 Å². The first-order chi connectivity index (χ1) is 9.10. The van der Waals surface area contributed by atoms with Gasteiger partial charge in [-0.3, -0.25) is 5.32 Å². The van der Waals surface area contributed by atoms with E-state index in [0.29, 0.717) is 10.9 Å². The number of nitrogens with one attached hydrogen (secondary N) is 2. The molecule has 1 saturated carbocycles. The Labute approximate surface area is 120 Å². The molecule has 4 N–H and O–H groups in total. The van der Waals surface area contributed by atoms with Crippen LogP contribution in [0.4, 0.5) is 0 Å². The SMILES string of the molecule is CC1(NCCCNC2CCCCC2)N=C(N)C=C1Cl. The largest absolute Gasteiger partial charge is 0.384 e. The van der Waals surface area contributed by atoms with Gasteiger partial charge in [-0.2, -0.15) is 0 Å². The number of nitrogens with zero attached hydrogens (tertiary/aromatic N) is 1. The van der Waals surface area contributed by atoms with Gasteiger partial charge in [0.15, 0.2) is 0 Å². The van der Waals surface area contributed by atoms with E-state index in [-0.39, 0.29) is 0 Å². The lowest BCUT2D eigenvalue weighted by Gasteiger charge is -2.25. The Morgan fingerprint density at radius 3 is 2.74 bits per heavy atom. The molecule has 1 atom stereocenters. The molecule has 1 heterocycles. The van der Waals surface area contributed by atoms with Gasteiger partial charge < -0.3 is 11.1 Å². The van der Waals surface area contributed by atoms with Gasteiger partial charge in [0.1, 0.15) is 11.5 Å². The summed E-state index contributed by atoms with van der Waals surface area (Å²) in [4.78, 5) is 4.33. The maximum absolute atomic E-state index is 6.14. The Morgan fingerprint density at radius 1 is 1.37 bits per heavy atom. The van der Waals surface area contributed by atoms with Gasteiger partial charge in [0.2, 0.25) is 0 Å². The lowest BCUT2D eigenvalue weighted by Crippen LogP contribution is -2.41. The Balaban J connectivity index is 1.60. The average molecular weight is 285 g/mol. The molecule has 4 nitrogen and oxygen atoms in total. The zero-order chi connectivity index (χ0) is 13.7. The van der Waals surface area contributed by atoms with Crippen molar-refractivity contribution in [2.24, 2.45) is 10.7 Å². The van der Waals surface area contributed by atoms with Crippen molar-refractivity contribution in [3.63, 3.8) is 0 Å². The molecule has 1 fully saturated rings. The van der Waals surface area contributed by atoms with Gasteiger partial charge in [-0.25, -0.2) is 4.99 Å². The second-order valence-electron chi connectivity index (χ2n) is 5.67. The predicted molar refractivity (Wildman–Crippen MR) is 81.5 cm³/mol. The lowest BCUT2D eigenvalue weighted by atomic mass is 9.95. The fraction of sp³-hybridized carbons (Fsp3) is 0.786. The highest BCUT2D eigenvalue weighted by Gasteiger charge is 2.30. The van der Waals surface area contributed by atoms with Crippen LogP contribution in [0.1, 0.15) is 45.4 Å². The molecule has 0 spiro atoms. The maximum Gasteiger partial charge on any atom is 0.146 e. The Bertz CT molecular complexity index is 360. The molecule has 0 aromatic heterocycles. The van der Waals surface area contributed by atoms with Crippen LogP contribution in [0.25, 0.3) is 0 Å². The van der Waals surface area contributed by atoms with Gasteiger partial charge in [0, 0.05) is 6.04 Å². The molecule has 2 rings (SSSR count). The van der Waals surface area contributed by atoms with Crippen molar-refractivity contribution in [2.45, 2.75) is 57.2 Å². The van der Waals surface area contributed by atoms with Crippen LogP contribution in [0.5, 0.6) is 0 Å². The van der Waals surface area contributed by atoms with Crippen molar-refractivity contribution in [2.75, 3.05) is 13.1 Å². The zero-order valence-electron chi connectivity index (χ0n) is 11.7. The van der Waals surface area contributed by atoms with Crippen LogP contribution in [0.2, 0.25) is 0 Å². The van der Waals surface area contributed by atoms with Gasteiger partial charge in [0.25, 0.3) is 0 Å². The molecular formula is C14H25ClN4. The van der Waals surface area contributed by atoms with Crippen molar-refractivity contribution < 1.29 is 0 Å². The average Bonchev–Trinajstić information content (AvgIpc) is 2.64. The summed E-state index contributed by atoms with van der Waals surface area (Å²) in [5.74, 6) is 0.500. The monoisotopic (exact) mass is 284 g/mol. The molecule has 0 aromatic rings. The van der Waals surface area contributed by atoms with Crippen LogP contribution < -0.4 is 16.4 Å². The highest BCUT2D eigenvalue weighted by atomic mass is 35.5. The zero-order valence-corrected chi connectivity index (χ0v) is 12.5. The van der Waals surface area contributed by atoms with E-state index in [1.54, 1.807) is 6.08 Å². The summed E-state index contributed by atoms with van der Waals surface area (Å²) in [5.41, 5.74) is 5.15. The first-order valence-electron chi connectivity index (χ1n) is 7.31. The van der Waals surface area contributed by atoms with Crippen LogP contribution in [0.15, 0.2) is 16.1 Å². The van der Waals surface area contributed by atoms with Gasteiger partial charge in [-0.15, -0.1) is 0 Å². The number of nitrogens with two attached hydrogens (primary N) is 1. The molecule has 1 aliphatic carbocycles. The number of hydrogen-bond acceptors (Lipinski definition) is 4. The van der Waals surface area contributed by atoms with Crippen molar-refractivity contribution in [1.29, 1.82) is 0 Å². The first kappa shape index (κ1) is 14.8. The summed E-state index contributed by atoms with van der Waals surface area (Å²) in [5, 5.41) is 7.67. The third-order valence-corrected chi connectivity index (χ3v) is 4.43. The van der Waals surface area contributed by atoms with Crippen LogP contribution >= 0.6 is 11.6 Å². The third kappa shape index (κ3) is 4.20. The second kappa shape index (κ2) is 6.73. The van der Waals surface area contributed by atoms with Crippen molar-refractivity contribution in [3.8, 4) is 0 Å². The van der Waals surface area contributed by atoms with Gasteiger partial charge >= 0.3 is 0 Å². The summed E-state index contributed by atoms with van der Waals surface area (Å²) >= 11 is 6.14. The topological polar surface area (TPSA) is 62.4 Å². The van der Waals surface area contributed by atoms with E-state index in [1.165, 1.54) is 32.1 Å². The summed E-state index contributed by atoms with van der Waals surface area (Å²) in [6, 6.07) is 0.730. The molecule has 0 bridgehead atoms. The maximum atomic E-state index is 6.14. The van der Waals surface area contributed by atoms with E-state index in [1.807, 2.05) is 6.92 Å². The highest BCUT2D eigenvalue weighted by Crippen LogP contribution is 2.26. The summed E-state index contributed by atoms with van der Waals surface area (Å²) in [6.45, 7) is 3.89. The Hall–Kier alpha value is -0.580. The van der Waals surface area contributed by atoms with Crippen molar-refractivity contribution >= 4 is 17.4 Å². The number of halogens is 1. The van der Waals surface area contributed by atoms with Crippen LogP contribution in [0, 0.1) is 0 Å². The minimum absolute atomic E-state index is 0.500. The third-order valence-electron chi connectivity index (χ3n) is 3.95. The van der Waals surface area contributed by atoms with Crippen LogP contribution in [-0.4, -0.2) is 30.6 Å². The molecule has 0 radical (unpaired) electrons. The number of amidine groups is 1. The minimum atomic E-state index is -0.517. The predicted octanol–water partition coefficient (Wildman–Crippen LogP) is 2.10. The van der Waals surface area contributed by atoms with E-state index in [2.05, 4.69) is 15.6 Å². The molecule has 108 valence electrons. The van der Waals surface area contributed by atoms with Crippen LogP contribution in [-0.2, 0) is 0 Å². The molecule has 1 unspecified atom stereocenters. The van der Waals surface area contributed by atoms with Crippen molar-refractivity contribution in [3.05, 3.63) is 11.1 Å². The van der Waals surface area contributed by atoms with E-state index in [4.69, 9.17) is 17.3 Å². The Morgan fingerprint density at radius 2 is 2.11 bits per heavy atom. The smallest absolute Gasteiger partial charge is 0.146 e. The normalized spacial score (nSPS) is 28.3. The molecule has 0 saturated heterocycles. The molecule has 2 aliphatic rings. The first-order valence-corrected chi connectivity index (χ1v) is 7.69. The molecule has 19 heavy (non-hydrogen) atoms. The number of aliphatic imine (C=N–C) groups is 1. The standard InChI is InChI=1S/C14H25ClN4/c1-14(12(15)10-13(16)19-14)18-9-5-8-17-11-6-3-2-4-7-11/h10-11,17-18H,2-9H2,1H3,(H2,16,19). The molecule has 0 aromatic carbocycles. The molecule has 0 amide bonds. The summed E-state index contributed by atoms with van der Waals surface area (Å²) < 4.78 is 0. The lowest BCUT2D eigenvalue weighted by molar-refractivity contribution is 0.365. The van der Waals surface area contributed by atoms with Gasteiger partial charge in [-0.05, 0) is 45.4 Å². The van der Waals surface area contributed by atoms with E-state index >= 15 is 0 Å². The molecule has 1 aliphatic heterocycles. The van der Waals surface area contributed by atoms with Gasteiger partial charge in [0.05, 0.1) is 5.03 Å². The minimum Gasteiger partial charge on any atom is -0.384 e. The quantitative estimate of drug-likeness (QED) is 0.655. The van der Waals surface area contributed by atoms with Crippen LogP contribution in [0.3, 0.4) is 0 Å². The summed E-state index contributed by atoms with van der Waals surface area (Å²) in [7, 11) is 0. The highest BCUT2D eigenvalue weighted by molar-refractivity contribution is 6.33. The summed E-state index contributed by atoms with van der Waals surface area (Å²) in [6.07, 6.45) is 9.62. The van der Waals surface area contributed by atoms with Gasteiger partial charge in [-0.1, -0.05) is 30.9 Å². The second-order valence-corrected chi connectivity index (χ2v) is 6.08. The number of rotatable bonds is 6. The number of hydrogen-bond donors (Lipinski definition) is 3.